The van der Waals surface area contributed by atoms with Gasteiger partial charge in [-0.1, -0.05) is 22.0 Å². The molecule has 11 heteroatoms. The number of hydrogen-bond donors (Lipinski definition) is 2. The van der Waals surface area contributed by atoms with Gasteiger partial charge in [0.1, 0.15) is 6.61 Å². The molecule has 1 fully saturated rings. The van der Waals surface area contributed by atoms with E-state index < -0.39 is 17.6 Å². The summed E-state index contributed by atoms with van der Waals surface area (Å²) in [6, 6.07) is 7.90. The van der Waals surface area contributed by atoms with Crippen molar-refractivity contribution in [3.05, 3.63) is 56.9 Å². The Morgan fingerprint density at radius 3 is 2.66 bits per heavy atom. The van der Waals surface area contributed by atoms with Gasteiger partial charge in [-0.2, -0.15) is 13.2 Å². The molecule has 0 saturated carbocycles. The topological polar surface area (TPSA) is 80.2 Å². The molecule has 2 aromatic rings. The second-order valence-electron chi connectivity index (χ2n) is 6.36. The van der Waals surface area contributed by atoms with Crippen LogP contribution in [0.4, 0.5) is 18.9 Å². The summed E-state index contributed by atoms with van der Waals surface area (Å²) in [5, 5.41) is 11.7. The Bertz CT molecular complexity index is 1070. The zero-order chi connectivity index (χ0) is 23.3. The lowest BCUT2D eigenvalue weighted by Gasteiger charge is -2.13. The van der Waals surface area contributed by atoms with Crippen molar-refractivity contribution in [3.63, 3.8) is 0 Å². The molecule has 0 aromatic heterocycles. The Hall–Kier alpha value is -2.50. The summed E-state index contributed by atoms with van der Waals surface area (Å²) in [5.41, 5.74) is -0.114. The molecule has 0 bridgehead atoms. The maximum absolute atomic E-state index is 12.9. The smallest absolute Gasteiger partial charge is 0.416 e. The Balaban J connectivity index is 1.87. The minimum absolute atomic E-state index is 0.0778. The minimum atomic E-state index is -4.48. The van der Waals surface area contributed by atoms with Gasteiger partial charge in [-0.25, -0.2) is 4.99 Å². The maximum atomic E-state index is 12.9. The number of thioether (sulfide) groups is 1. The zero-order valence-electron chi connectivity index (χ0n) is 16.7. The fourth-order valence-corrected chi connectivity index (χ4v) is 3.96. The highest BCUT2D eigenvalue weighted by Gasteiger charge is 2.31. The van der Waals surface area contributed by atoms with Gasteiger partial charge < -0.3 is 19.9 Å². The van der Waals surface area contributed by atoms with Crippen LogP contribution in [0.2, 0.25) is 0 Å². The van der Waals surface area contributed by atoms with Crippen molar-refractivity contribution in [1.82, 2.24) is 5.32 Å². The van der Waals surface area contributed by atoms with E-state index in [0.29, 0.717) is 33.0 Å². The van der Waals surface area contributed by atoms with Crippen LogP contribution in [0.3, 0.4) is 0 Å². The summed E-state index contributed by atoms with van der Waals surface area (Å²) in [6.45, 7) is 2.14. The van der Waals surface area contributed by atoms with Gasteiger partial charge in [0.25, 0.3) is 5.91 Å². The van der Waals surface area contributed by atoms with Crippen molar-refractivity contribution in [2.45, 2.75) is 13.1 Å². The molecule has 32 heavy (non-hydrogen) atoms. The fraction of sp³-hybridized carbons (Fsp3) is 0.238. The summed E-state index contributed by atoms with van der Waals surface area (Å²) in [5.74, 6) is 0.453. The van der Waals surface area contributed by atoms with Gasteiger partial charge in [-0.05, 0) is 60.7 Å². The van der Waals surface area contributed by atoms with Gasteiger partial charge in [0.05, 0.1) is 29.4 Å². The number of aliphatic hydroxyl groups is 1. The second-order valence-corrected chi connectivity index (χ2v) is 8.24. The SMILES string of the molecule is CCOc1cc(C=C2SC(=Nc3cccc(C(F)(F)F)c3)NC2=O)c(Br)cc1OCCO. The first kappa shape index (κ1) is 24.1. The minimum Gasteiger partial charge on any atom is -0.490 e. The van der Waals surface area contributed by atoms with E-state index >= 15 is 0 Å². The van der Waals surface area contributed by atoms with E-state index in [2.05, 4.69) is 26.2 Å². The number of amidine groups is 1. The van der Waals surface area contributed by atoms with Gasteiger partial charge in [0.15, 0.2) is 16.7 Å². The summed E-state index contributed by atoms with van der Waals surface area (Å²) in [6.07, 6.45) is -2.87. The average Bonchev–Trinajstić information content (AvgIpc) is 3.07. The molecule has 3 rings (SSSR count). The number of benzene rings is 2. The molecule has 2 N–H and O–H groups in total. The lowest BCUT2D eigenvalue weighted by molar-refractivity contribution is -0.137. The quantitative estimate of drug-likeness (QED) is 0.485. The van der Waals surface area contributed by atoms with E-state index in [1.807, 2.05) is 6.92 Å². The van der Waals surface area contributed by atoms with Crippen LogP contribution in [0.15, 0.2) is 50.8 Å². The van der Waals surface area contributed by atoms with Crippen LogP contribution < -0.4 is 14.8 Å². The number of nitrogens with zero attached hydrogens (tertiary/aromatic N) is 1. The largest absolute Gasteiger partial charge is 0.490 e. The first-order valence-corrected chi connectivity index (χ1v) is 11.0. The monoisotopic (exact) mass is 530 g/mol. The molecule has 6 nitrogen and oxygen atoms in total. The Morgan fingerprint density at radius 2 is 1.97 bits per heavy atom. The lowest BCUT2D eigenvalue weighted by atomic mass is 10.2. The third kappa shape index (κ3) is 6.05. The maximum Gasteiger partial charge on any atom is 0.416 e. The number of alkyl halides is 3. The predicted octanol–water partition coefficient (Wildman–Crippen LogP) is 5.13. The Morgan fingerprint density at radius 1 is 1.22 bits per heavy atom. The molecule has 170 valence electrons. The van der Waals surface area contributed by atoms with Gasteiger partial charge in [0, 0.05) is 4.47 Å². The molecule has 1 aliphatic heterocycles. The van der Waals surface area contributed by atoms with E-state index in [1.165, 1.54) is 12.1 Å². The van der Waals surface area contributed by atoms with E-state index in [-0.39, 0.29) is 24.1 Å². The van der Waals surface area contributed by atoms with Crippen molar-refractivity contribution < 1.29 is 32.5 Å². The van der Waals surface area contributed by atoms with Crippen LogP contribution in [0.5, 0.6) is 11.5 Å². The van der Waals surface area contributed by atoms with Gasteiger partial charge in [-0.3, -0.25) is 4.79 Å². The molecule has 1 amide bonds. The second kappa shape index (κ2) is 10.4. The fourth-order valence-electron chi connectivity index (χ4n) is 2.69. The number of ether oxygens (including phenoxy) is 2. The Labute approximate surface area is 194 Å². The summed E-state index contributed by atoms with van der Waals surface area (Å²) in [4.78, 5) is 16.8. The van der Waals surface area contributed by atoms with E-state index in [0.717, 1.165) is 23.9 Å². The molecule has 1 aliphatic rings. The lowest BCUT2D eigenvalue weighted by Crippen LogP contribution is -2.19. The van der Waals surface area contributed by atoms with Gasteiger partial charge >= 0.3 is 6.18 Å². The van der Waals surface area contributed by atoms with Crippen LogP contribution in [-0.2, 0) is 11.0 Å². The van der Waals surface area contributed by atoms with Crippen molar-refractivity contribution in [2.24, 2.45) is 4.99 Å². The van der Waals surface area contributed by atoms with Crippen LogP contribution >= 0.6 is 27.7 Å². The zero-order valence-corrected chi connectivity index (χ0v) is 19.1. The number of amides is 1. The molecule has 0 radical (unpaired) electrons. The summed E-state index contributed by atoms with van der Waals surface area (Å²) >= 11 is 4.44. The van der Waals surface area contributed by atoms with Crippen molar-refractivity contribution >= 4 is 50.5 Å². The normalized spacial score (nSPS) is 16.5. The van der Waals surface area contributed by atoms with Crippen molar-refractivity contribution in [2.75, 3.05) is 19.8 Å². The number of halogens is 4. The first-order chi connectivity index (χ1) is 15.2. The van der Waals surface area contributed by atoms with Gasteiger partial charge in [0.2, 0.25) is 0 Å². The predicted molar refractivity (Wildman–Crippen MR) is 120 cm³/mol. The molecule has 1 heterocycles. The number of carbonyl (C=O) groups excluding carboxylic acids is 1. The first-order valence-electron chi connectivity index (χ1n) is 9.38. The standard InChI is InChI=1S/C21H18BrF3N2O4S/c1-2-30-16-8-12(15(22)11-17(16)31-7-6-28)9-18-19(29)27-20(32-18)26-14-5-3-4-13(10-14)21(23,24)25/h3-5,8-11,28H,2,6-7H2,1H3,(H,26,27,29). The van der Waals surface area contributed by atoms with Crippen LogP contribution in [0.25, 0.3) is 6.08 Å². The van der Waals surface area contributed by atoms with Gasteiger partial charge in [-0.15, -0.1) is 0 Å². The Kier molecular flexibility index (Phi) is 7.86. The number of hydrogen-bond acceptors (Lipinski definition) is 6. The van der Waals surface area contributed by atoms with E-state index in [4.69, 9.17) is 14.6 Å². The highest BCUT2D eigenvalue weighted by atomic mass is 79.9. The highest BCUT2D eigenvalue weighted by molar-refractivity contribution is 9.10. The summed E-state index contributed by atoms with van der Waals surface area (Å²) in [7, 11) is 0. The number of rotatable bonds is 7. The molecule has 0 atom stereocenters. The van der Waals surface area contributed by atoms with Crippen molar-refractivity contribution in [3.8, 4) is 11.5 Å². The van der Waals surface area contributed by atoms with Crippen LogP contribution in [-0.4, -0.2) is 36.0 Å². The number of nitrogens with one attached hydrogen (secondary N) is 1. The third-order valence-electron chi connectivity index (χ3n) is 4.05. The van der Waals surface area contributed by atoms with Crippen LogP contribution in [0.1, 0.15) is 18.1 Å². The van der Waals surface area contributed by atoms with E-state index in [1.54, 1.807) is 18.2 Å². The summed E-state index contributed by atoms with van der Waals surface area (Å²) < 4.78 is 50.4. The molecule has 0 aliphatic carbocycles. The number of carbonyl (C=O) groups is 1. The van der Waals surface area contributed by atoms with Crippen molar-refractivity contribution in [1.29, 1.82) is 0 Å². The number of aliphatic imine (C=N–C) groups is 1. The third-order valence-corrected chi connectivity index (χ3v) is 5.65. The average molecular weight is 531 g/mol. The van der Waals surface area contributed by atoms with E-state index in [9.17, 15) is 18.0 Å². The highest BCUT2D eigenvalue weighted by Crippen LogP contribution is 2.37. The molecule has 0 unspecified atom stereocenters. The molecule has 0 spiro atoms. The number of aliphatic hydroxyl groups excluding tert-OH is 1. The molecule has 2 aromatic carbocycles. The molecular weight excluding hydrogens is 513 g/mol. The van der Waals surface area contributed by atoms with Crippen LogP contribution in [0, 0.1) is 0 Å². The molecular formula is C21H18BrF3N2O4S. The molecule has 1 saturated heterocycles.